The number of aryl methyl sites for hydroxylation is 1. The fourth-order valence-electron chi connectivity index (χ4n) is 4.12. The lowest BCUT2D eigenvalue weighted by Gasteiger charge is -2.32. The van der Waals surface area contributed by atoms with Crippen molar-refractivity contribution < 1.29 is 9.47 Å². The van der Waals surface area contributed by atoms with Crippen LogP contribution in [0.25, 0.3) is 0 Å². The van der Waals surface area contributed by atoms with Crippen LogP contribution in [0.5, 0.6) is 11.5 Å². The molecule has 1 saturated heterocycles. The van der Waals surface area contributed by atoms with Crippen LogP contribution in [0.2, 0.25) is 0 Å². The van der Waals surface area contributed by atoms with Crippen LogP contribution < -0.4 is 20.1 Å². The molecule has 0 unspecified atom stereocenters. The molecule has 0 bridgehead atoms. The van der Waals surface area contributed by atoms with Crippen molar-refractivity contribution in [1.82, 2.24) is 15.5 Å². The average molecular weight is 567 g/mol. The quantitative estimate of drug-likeness (QED) is 0.270. The average Bonchev–Trinajstić information content (AvgIpc) is 2.83. The molecule has 0 radical (unpaired) electrons. The molecule has 182 valence electrons. The zero-order valence-corrected chi connectivity index (χ0v) is 22.7. The summed E-state index contributed by atoms with van der Waals surface area (Å²) in [7, 11) is 5.15. The van der Waals surface area contributed by atoms with Crippen molar-refractivity contribution >= 4 is 29.9 Å². The molecule has 33 heavy (non-hydrogen) atoms. The molecule has 1 aliphatic rings. The molecular formula is C26H39IN4O2. The first-order valence-electron chi connectivity index (χ1n) is 11.5. The number of guanidine groups is 1. The third-order valence-electron chi connectivity index (χ3n) is 6.17. The third kappa shape index (κ3) is 8.70. The molecule has 2 aromatic rings. The molecule has 0 atom stereocenters. The molecule has 1 heterocycles. The summed E-state index contributed by atoms with van der Waals surface area (Å²) in [4.78, 5) is 6.95. The highest BCUT2D eigenvalue weighted by molar-refractivity contribution is 14.0. The summed E-state index contributed by atoms with van der Waals surface area (Å²) in [6.45, 7) is 7.29. The van der Waals surface area contributed by atoms with Crippen LogP contribution in [0.3, 0.4) is 0 Å². The molecule has 0 aliphatic carbocycles. The smallest absolute Gasteiger partial charge is 0.190 e. The summed E-state index contributed by atoms with van der Waals surface area (Å²) in [5.74, 6) is 3.08. The summed E-state index contributed by atoms with van der Waals surface area (Å²) in [6, 6.07) is 15.0. The first-order chi connectivity index (χ1) is 15.6. The van der Waals surface area contributed by atoms with Gasteiger partial charge in [0.15, 0.2) is 17.5 Å². The Morgan fingerprint density at radius 1 is 0.970 bits per heavy atom. The van der Waals surface area contributed by atoms with Gasteiger partial charge in [0.25, 0.3) is 0 Å². The van der Waals surface area contributed by atoms with Gasteiger partial charge in [-0.3, -0.25) is 9.89 Å². The first kappa shape index (κ1) is 27.2. The Kier molecular flexibility index (Phi) is 11.8. The van der Waals surface area contributed by atoms with E-state index in [4.69, 9.17) is 9.47 Å². The molecule has 0 spiro atoms. The number of piperidine rings is 1. The van der Waals surface area contributed by atoms with Crippen molar-refractivity contribution in [3.8, 4) is 11.5 Å². The Morgan fingerprint density at radius 3 is 2.27 bits per heavy atom. The number of likely N-dealkylation sites (tertiary alicyclic amines) is 1. The monoisotopic (exact) mass is 566 g/mol. The summed E-state index contributed by atoms with van der Waals surface area (Å²) >= 11 is 0. The molecule has 7 heteroatoms. The minimum atomic E-state index is 0. The maximum Gasteiger partial charge on any atom is 0.190 e. The summed E-state index contributed by atoms with van der Waals surface area (Å²) in [6.07, 6.45) is 3.33. The van der Waals surface area contributed by atoms with Gasteiger partial charge in [-0.05, 0) is 68.5 Å². The number of nitrogens with one attached hydrogen (secondary N) is 2. The highest BCUT2D eigenvalue weighted by atomic mass is 127. The van der Waals surface area contributed by atoms with Crippen molar-refractivity contribution in [2.45, 2.75) is 32.7 Å². The number of ether oxygens (including phenoxy) is 2. The molecule has 2 aromatic carbocycles. The lowest BCUT2D eigenvalue weighted by atomic mass is 9.96. The van der Waals surface area contributed by atoms with Crippen LogP contribution in [0, 0.1) is 12.8 Å². The van der Waals surface area contributed by atoms with E-state index in [1.54, 1.807) is 14.2 Å². The Labute approximate surface area is 216 Å². The molecule has 2 N–H and O–H groups in total. The van der Waals surface area contributed by atoms with Crippen molar-refractivity contribution in [3.63, 3.8) is 0 Å². The summed E-state index contributed by atoms with van der Waals surface area (Å²) < 4.78 is 10.7. The number of rotatable bonds is 9. The zero-order valence-electron chi connectivity index (χ0n) is 20.4. The van der Waals surface area contributed by atoms with Gasteiger partial charge in [0.1, 0.15) is 0 Å². The van der Waals surface area contributed by atoms with E-state index in [1.165, 1.54) is 29.5 Å². The molecule has 0 aromatic heterocycles. The predicted octanol–water partition coefficient (Wildman–Crippen LogP) is 4.25. The van der Waals surface area contributed by atoms with Gasteiger partial charge in [0.2, 0.25) is 0 Å². The molecule has 1 fully saturated rings. The van der Waals surface area contributed by atoms with Crippen LogP contribution in [0.15, 0.2) is 47.5 Å². The number of nitrogens with zero attached hydrogens (tertiary/aromatic N) is 2. The van der Waals surface area contributed by atoms with E-state index in [1.807, 2.05) is 19.2 Å². The van der Waals surface area contributed by atoms with Gasteiger partial charge in [0.05, 0.1) is 14.2 Å². The number of halogens is 1. The van der Waals surface area contributed by atoms with Gasteiger partial charge in [-0.25, -0.2) is 0 Å². The van der Waals surface area contributed by atoms with E-state index >= 15 is 0 Å². The van der Waals surface area contributed by atoms with Crippen molar-refractivity contribution in [2.24, 2.45) is 10.9 Å². The SMILES string of the molecule is CN=C(NCCc1ccc(OC)c(OC)c1)NCC1CCN(Cc2ccc(C)cc2)CC1.I. The van der Waals surface area contributed by atoms with E-state index in [2.05, 4.69) is 57.8 Å². The molecule has 0 saturated carbocycles. The van der Waals surface area contributed by atoms with Gasteiger partial charge in [-0.15, -0.1) is 24.0 Å². The molecular weight excluding hydrogens is 527 g/mol. The number of methoxy groups -OCH3 is 2. The Hall–Kier alpha value is -2.00. The topological polar surface area (TPSA) is 58.1 Å². The highest BCUT2D eigenvalue weighted by Crippen LogP contribution is 2.27. The number of hydrogen-bond acceptors (Lipinski definition) is 4. The Balaban J connectivity index is 0.00000385. The Bertz CT molecular complexity index is 865. The Morgan fingerprint density at radius 2 is 1.64 bits per heavy atom. The standard InChI is InChI=1S/C26H38N4O2.HI/c1-20-5-7-23(8-6-20)19-30-15-12-22(13-16-30)18-29-26(27-2)28-14-11-21-9-10-24(31-3)25(17-21)32-4;/h5-10,17,22H,11-16,18-19H2,1-4H3,(H2,27,28,29);1H. The summed E-state index contributed by atoms with van der Waals surface area (Å²) in [5.41, 5.74) is 3.93. The lowest BCUT2D eigenvalue weighted by Crippen LogP contribution is -2.43. The van der Waals surface area contributed by atoms with E-state index < -0.39 is 0 Å². The third-order valence-corrected chi connectivity index (χ3v) is 6.17. The first-order valence-corrected chi connectivity index (χ1v) is 11.5. The zero-order chi connectivity index (χ0) is 22.8. The van der Waals surface area contributed by atoms with Crippen LogP contribution in [-0.4, -0.2) is 58.3 Å². The largest absolute Gasteiger partial charge is 0.493 e. The molecule has 3 rings (SSSR count). The van der Waals surface area contributed by atoms with Gasteiger partial charge in [-0.2, -0.15) is 0 Å². The number of hydrogen-bond donors (Lipinski definition) is 2. The predicted molar refractivity (Wildman–Crippen MR) is 147 cm³/mol. The minimum absolute atomic E-state index is 0. The second-order valence-corrected chi connectivity index (χ2v) is 8.52. The van der Waals surface area contributed by atoms with E-state index in [-0.39, 0.29) is 24.0 Å². The fraction of sp³-hybridized carbons (Fsp3) is 0.500. The highest BCUT2D eigenvalue weighted by Gasteiger charge is 2.19. The summed E-state index contributed by atoms with van der Waals surface area (Å²) in [5, 5.41) is 6.94. The van der Waals surface area contributed by atoms with Crippen LogP contribution >= 0.6 is 24.0 Å². The van der Waals surface area contributed by atoms with E-state index in [0.29, 0.717) is 5.92 Å². The molecule has 1 aliphatic heterocycles. The van der Waals surface area contributed by atoms with Crippen molar-refractivity contribution in [1.29, 1.82) is 0 Å². The van der Waals surface area contributed by atoms with Crippen LogP contribution in [0.4, 0.5) is 0 Å². The molecule has 6 nitrogen and oxygen atoms in total. The van der Waals surface area contributed by atoms with Crippen molar-refractivity contribution in [2.75, 3.05) is 47.4 Å². The van der Waals surface area contributed by atoms with E-state index in [9.17, 15) is 0 Å². The number of benzene rings is 2. The van der Waals surface area contributed by atoms with Gasteiger partial charge < -0.3 is 20.1 Å². The van der Waals surface area contributed by atoms with Crippen LogP contribution in [-0.2, 0) is 13.0 Å². The maximum absolute atomic E-state index is 5.39. The lowest BCUT2D eigenvalue weighted by molar-refractivity contribution is 0.178. The van der Waals surface area contributed by atoms with Gasteiger partial charge >= 0.3 is 0 Å². The van der Waals surface area contributed by atoms with Crippen molar-refractivity contribution in [3.05, 3.63) is 59.2 Å². The van der Waals surface area contributed by atoms with Gasteiger partial charge in [0, 0.05) is 26.7 Å². The second-order valence-electron chi connectivity index (χ2n) is 8.52. The number of aliphatic imine (C=N–C) groups is 1. The minimum Gasteiger partial charge on any atom is -0.493 e. The fourth-order valence-corrected chi connectivity index (χ4v) is 4.12. The van der Waals surface area contributed by atoms with Crippen LogP contribution in [0.1, 0.15) is 29.5 Å². The van der Waals surface area contributed by atoms with Gasteiger partial charge in [-0.1, -0.05) is 35.9 Å². The second kappa shape index (κ2) is 14.3. The molecule has 0 amide bonds. The van der Waals surface area contributed by atoms with E-state index in [0.717, 1.165) is 56.6 Å². The maximum atomic E-state index is 5.39. The normalized spacial score (nSPS) is 15.0.